The van der Waals surface area contributed by atoms with Crippen molar-refractivity contribution in [1.29, 1.82) is 0 Å². The highest BCUT2D eigenvalue weighted by molar-refractivity contribution is 9.10. The molecule has 4 heteroatoms. The van der Waals surface area contributed by atoms with Crippen molar-refractivity contribution < 1.29 is 4.39 Å². The summed E-state index contributed by atoms with van der Waals surface area (Å²) in [5.74, 6) is -0.237. The van der Waals surface area contributed by atoms with Crippen LogP contribution in [0.4, 0.5) is 4.39 Å². The quantitative estimate of drug-likeness (QED) is 0.835. The van der Waals surface area contributed by atoms with Gasteiger partial charge in [-0.3, -0.25) is 0 Å². The molecule has 1 aromatic rings. The molecule has 0 bridgehead atoms. The van der Waals surface area contributed by atoms with Gasteiger partial charge in [0.1, 0.15) is 5.82 Å². The second-order valence-electron chi connectivity index (χ2n) is 3.16. The lowest BCUT2D eigenvalue weighted by Crippen LogP contribution is -2.20. The molecule has 1 rings (SSSR count). The SMILES string of the molecule is CC(Cl)CNCc1ccc(F)c(Br)c1. The number of nitrogens with one attached hydrogen (secondary N) is 1. The summed E-state index contributed by atoms with van der Waals surface area (Å²) in [5, 5.41) is 3.28. The molecule has 1 aromatic carbocycles. The van der Waals surface area contributed by atoms with Crippen LogP contribution in [-0.2, 0) is 6.54 Å². The minimum Gasteiger partial charge on any atom is -0.311 e. The van der Waals surface area contributed by atoms with Crippen LogP contribution in [0.5, 0.6) is 0 Å². The molecule has 0 aliphatic heterocycles. The summed E-state index contributed by atoms with van der Waals surface area (Å²) >= 11 is 8.91. The zero-order valence-corrected chi connectivity index (χ0v) is 10.2. The van der Waals surface area contributed by atoms with Crippen LogP contribution in [-0.4, -0.2) is 11.9 Å². The predicted octanol–water partition coefficient (Wildman–Crippen LogP) is 3.31. The Morgan fingerprint density at radius 2 is 2.29 bits per heavy atom. The molecule has 0 aromatic heterocycles. The van der Waals surface area contributed by atoms with Crippen molar-refractivity contribution in [3.63, 3.8) is 0 Å². The van der Waals surface area contributed by atoms with Crippen LogP contribution in [0, 0.1) is 5.82 Å². The van der Waals surface area contributed by atoms with Crippen molar-refractivity contribution in [3.05, 3.63) is 34.1 Å². The lowest BCUT2D eigenvalue weighted by atomic mass is 10.2. The van der Waals surface area contributed by atoms with Gasteiger partial charge < -0.3 is 5.32 Å². The van der Waals surface area contributed by atoms with Crippen LogP contribution in [0.25, 0.3) is 0 Å². The largest absolute Gasteiger partial charge is 0.311 e. The third-order valence-electron chi connectivity index (χ3n) is 1.74. The van der Waals surface area contributed by atoms with Crippen LogP contribution < -0.4 is 5.32 Å². The van der Waals surface area contributed by atoms with Gasteiger partial charge >= 0.3 is 0 Å². The van der Waals surface area contributed by atoms with Crippen molar-refractivity contribution in [3.8, 4) is 0 Å². The molecule has 0 radical (unpaired) electrons. The molecule has 0 amide bonds. The van der Waals surface area contributed by atoms with Gasteiger partial charge in [0.15, 0.2) is 0 Å². The molecular formula is C10H12BrClFN. The average molecular weight is 281 g/mol. The van der Waals surface area contributed by atoms with Gasteiger partial charge in [-0.15, -0.1) is 11.6 Å². The highest BCUT2D eigenvalue weighted by Crippen LogP contribution is 2.16. The molecule has 1 atom stereocenters. The Kier molecular flexibility index (Phi) is 4.85. The van der Waals surface area contributed by atoms with E-state index in [-0.39, 0.29) is 11.2 Å². The maximum absolute atomic E-state index is 12.9. The monoisotopic (exact) mass is 279 g/mol. The molecule has 78 valence electrons. The van der Waals surface area contributed by atoms with E-state index < -0.39 is 0 Å². The van der Waals surface area contributed by atoms with E-state index in [1.807, 2.05) is 6.92 Å². The van der Waals surface area contributed by atoms with Crippen molar-refractivity contribution in [1.82, 2.24) is 5.32 Å². The van der Waals surface area contributed by atoms with Gasteiger partial charge in [0.05, 0.1) is 4.47 Å². The first kappa shape index (κ1) is 12.0. The normalized spacial score (nSPS) is 12.9. The summed E-state index contributed by atoms with van der Waals surface area (Å²) in [5.41, 5.74) is 1.04. The first-order valence-corrected chi connectivity index (χ1v) is 5.61. The van der Waals surface area contributed by atoms with Crippen molar-refractivity contribution in [2.75, 3.05) is 6.54 Å². The number of benzene rings is 1. The van der Waals surface area contributed by atoms with Crippen LogP contribution in [0.15, 0.2) is 22.7 Å². The molecule has 0 aliphatic carbocycles. The molecular weight excluding hydrogens is 268 g/mol. The highest BCUT2D eigenvalue weighted by Gasteiger charge is 2.00. The second kappa shape index (κ2) is 5.69. The smallest absolute Gasteiger partial charge is 0.137 e. The van der Waals surface area contributed by atoms with Crippen LogP contribution >= 0.6 is 27.5 Å². The molecule has 1 N–H and O–H groups in total. The maximum atomic E-state index is 12.9. The van der Waals surface area contributed by atoms with E-state index in [1.165, 1.54) is 6.07 Å². The van der Waals surface area contributed by atoms with Gasteiger partial charge in [-0.2, -0.15) is 0 Å². The summed E-state index contributed by atoms with van der Waals surface area (Å²) < 4.78 is 13.4. The third kappa shape index (κ3) is 3.95. The Bertz CT molecular complexity index is 304. The van der Waals surface area contributed by atoms with Crippen molar-refractivity contribution in [2.45, 2.75) is 18.8 Å². The van der Waals surface area contributed by atoms with Gasteiger partial charge in [-0.25, -0.2) is 4.39 Å². The van der Waals surface area contributed by atoms with Gasteiger partial charge in [-0.05, 0) is 40.5 Å². The Hall–Kier alpha value is -0.120. The van der Waals surface area contributed by atoms with Crippen molar-refractivity contribution in [2.24, 2.45) is 0 Å². The summed E-state index contributed by atoms with van der Waals surface area (Å²) in [6.07, 6.45) is 0. The minimum absolute atomic E-state index is 0.110. The number of hydrogen-bond acceptors (Lipinski definition) is 1. The first-order valence-electron chi connectivity index (χ1n) is 4.38. The topological polar surface area (TPSA) is 12.0 Å². The van der Waals surface area contributed by atoms with Gasteiger partial charge in [0, 0.05) is 18.5 Å². The first-order chi connectivity index (χ1) is 6.59. The summed E-state index contributed by atoms with van der Waals surface area (Å²) in [7, 11) is 0. The third-order valence-corrected chi connectivity index (χ3v) is 2.50. The molecule has 0 saturated carbocycles. The Morgan fingerprint density at radius 1 is 1.57 bits per heavy atom. The molecule has 0 saturated heterocycles. The fourth-order valence-electron chi connectivity index (χ4n) is 1.06. The standard InChI is InChI=1S/C10H12BrClFN/c1-7(12)5-14-6-8-2-3-10(13)9(11)4-8/h2-4,7,14H,5-6H2,1H3. The predicted molar refractivity (Wildman–Crippen MR) is 61.1 cm³/mol. The second-order valence-corrected chi connectivity index (χ2v) is 4.76. The maximum Gasteiger partial charge on any atom is 0.137 e. The lowest BCUT2D eigenvalue weighted by molar-refractivity contribution is 0.618. The fourth-order valence-corrected chi connectivity index (χ4v) is 1.60. The van der Waals surface area contributed by atoms with E-state index in [0.717, 1.165) is 12.1 Å². The lowest BCUT2D eigenvalue weighted by Gasteiger charge is -2.06. The number of rotatable bonds is 4. The van der Waals surface area contributed by atoms with Gasteiger partial charge in [0.2, 0.25) is 0 Å². The van der Waals surface area contributed by atoms with E-state index in [4.69, 9.17) is 11.6 Å². The van der Waals surface area contributed by atoms with E-state index in [2.05, 4.69) is 21.2 Å². The van der Waals surface area contributed by atoms with E-state index >= 15 is 0 Å². The Labute approximate surface area is 96.8 Å². The molecule has 0 fully saturated rings. The zero-order chi connectivity index (χ0) is 10.6. The molecule has 14 heavy (non-hydrogen) atoms. The number of halogens is 3. The number of hydrogen-bond donors (Lipinski definition) is 1. The van der Waals surface area contributed by atoms with E-state index in [1.54, 1.807) is 12.1 Å². The Balaban J connectivity index is 2.47. The molecule has 0 heterocycles. The summed E-state index contributed by atoms with van der Waals surface area (Å²) in [4.78, 5) is 0. The van der Waals surface area contributed by atoms with E-state index in [9.17, 15) is 4.39 Å². The summed E-state index contributed by atoms with van der Waals surface area (Å²) in [6, 6.07) is 4.97. The molecule has 0 spiro atoms. The van der Waals surface area contributed by atoms with Crippen LogP contribution in [0.1, 0.15) is 12.5 Å². The van der Waals surface area contributed by atoms with Gasteiger partial charge in [0.25, 0.3) is 0 Å². The highest BCUT2D eigenvalue weighted by atomic mass is 79.9. The minimum atomic E-state index is -0.237. The molecule has 1 nitrogen and oxygen atoms in total. The Morgan fingerprint density at radius 3 is 2.86 bits per heavy atom. The van der Waals surface area contributed by atoms with Crippen LogP contribution in [0.3, 0.4) is 0 Å². The fraction of sp³-hybridized carbons (Fsp3) is 0.400. The molecule has 0 aliphatic rings. The van der Waals surface area contributed by atoms with E-state index in [0.29, 0.717) is 11.0 Å². The van der Waals surface area contributed by atoms with Crippen molar-refractivity contribution >= 4 is 27.5 Å². The zero-order valence-electron chi connectivity index (χ0n) is 7.86. The average Bonchev–Trinajstić information content (AvgIpc) is 2.10. The molecule has 1 unspecified atom stereocenters. The summed E-state index contributed by atoms with van der Waals surface area (Å²) in [6.45, 7) is 3.38. The van der Waals surface area contributed by atoms with Crippen LogP contribution in [0.2, 0.25) is 0 Å². The van der Waals surface area contributed by atoms with Gasteiger partial charge in [-0.1, -0.05) is 6.07 Å². The number of alkyl halides is 1.